The number of esters is 1. The summed E-state index contributed by atoms with van der Waals surface area (Å²) < 4.78 is 5.27. The number of nitrogens with two attached hydrogens (primary N) is 3. The summed E-state index contributed by atoms with van der Waals surface area (Å²) in [6.45, 7) is 2.61. The van der Waals surface area contributed by atoms with E-state index in [1.807, 2.05) is 10.6 Å². The number of rotatable bonds is 28. The van der Waals surface area contributed by atoms with Crippen molar-refractivity contribution >= 4 is 82.7 Å². The van der Waals surface area contributed by atoms with Crippen molar-refractivity contribution in [2.45, 2.75) is 203 Å². The zero-order valence-electron chi connectivity index (χ0n) is 47.2. The number of hydrogen-bond acceptors (Lipinski definition) is 20. The van der Waals surface area contributed by atoms with Gasteiger partial charge in [0.05, 0.1) is 37.0 Å². The van der Waals surface area contributed by atoms with Crippen LogP contribution in [0, 0.1) is 0 Å². The van der Waals surface area contributed by atoms with Crippen molar-refractivity contribution in [2.24, 2.45) is 17.2 Å². The van der Waals surface area contributed by atoms with E-state index >= 15 is 0 Å². The Hall–Kier alpha value is -6.61. The van der Waals surface area contributed by atoms with E-state index < -0.39 is 181 Å². The molecule has 1 saturated heterocycles. The molecule has 0 radical (unpaired) electrons. The summed E-state index contributed by atoms with van der Waals surface area (Å²) in [6, 6.07) is -15.8. The molecule has 0 saturated carbocycles. The molecule has 9 amide bonds. The molecule has 0 aromatic rings. The Morgan fingerprint density at radius 1 is 0.627 bits per heavy atom. The first-order valence-electron chi connectivity index (χ1n) is 27.7. The first-order valence-corrected chi connectivity index (χ1v) is 28.2. The van der Waals surface area contributed by atoms with Crippen LogP contribution in [-0.4, -0.2) is 207 Å². The molecule has 1 heterocycles. The molecule has 12 atom stereocenters. The van der Waals surface area contributed by atoms with Crippen molar-refractivity contribution in [3.63, 3.8) is 0 Å². The molecule has 31 nitrogen and oxygen atoms in total. The maximum atomic E-state index is 14.1. The Labute approximate surface area is 485 Å². The van der Waals surface area contributed by atoms with Gasteiger partial charge in [-0.2, -0.15) is 0 Å². The monoisotopic (exact) mass is 1210 g/mol. The molecule has 1 aliphatic rings. The summed E-state index contributed by atoms with van der Waals surface area (Å²) in [4.78, 5) is 162. The third-order valence-corrected chi connectivity index (χ3v) is 13.3. The van der Waals surface area contributed by atoms with Gasteiger partial charge in [0.1, 0.15) is 54.6 Å². The summed E-state index contributed by atoms with van der Waals surface area (Å²) >= 11 is 5.85. The fourth-order valence-electron chi connectivity index (χ4n) is 8.23. The maximum Gasteiger partial charge on any atom is 0.335 e. The second-order valence-electron chi connectivity index (χ2n) is 19.9. The largest absolute Gasteiger partial charge is 0.481 e. The minimum Gasteiger partial charge on any atom is -0.481 e. The molecule has 0 unspecified atom stereocenters. The fourth-order valence-corrected chi connectivity index (χ4v) is 8.41. The number of carboxylic acid groups (broad SMARTS) is 2. The summed E-state index contributed by atoms with van der Waals surface area (Å²) in [5, 5.41) is 82.1. The Kier molecular flexibility index (Phi) is 36.4. The number of carbonyl (C=O) groups excluding carboxylic acids is 10. The van der Waals surface area contributed by atoms with Gasteiger partial charge in [0.25, 0.3) is 5.91 Å². The Balaban J connectivity index is 4.01. The van der Waals surface area contributed by atoms with Gasteiger partial charge < -0.3 is 100 Å². The van der Waals surface area contributed by atoms with Crippen LogP contribution in [0.1, 0.15) is 130 Å². The van der Waals surface area contributed by atoms with Crippen molar-refractivity contribution in [3.05, 3.63) is 11.8 Å². The van der Waals surface area contributed by atoms with E-state index in [0.29, 0.717) is 12.8 Å². The van der Waals surface area contributed by atoms with Gasteiger partial charge in [-0.15, -0.1) is 11.6 Å². The molecule has 0 bridgehead atoms. The van der Waals surface area contributed by atoms with Crippen LogP contribution in [0.4, 0.5) is 0 Å². The van der Waals surface area contributed by atoms with E-state index in [9.17, 15) is 88.2 Å². The van der Waals surface area contributed by atoms with Crippen LogP contribution < -0.4 is 65.1 Å². The first kappa shape index (κ1) is 74.4. The number of carbonyl (C=O) groups is 12. The predicted octanol–water partition coefficient (Wildman–Crippen LogP) is -5.16. The molecule has 0 aromatic carbocycles. The third-order valence-electron chi connectivity index (χ3n) is 13.0. The van der Waals surface area contributed by atoms with Gasteiger partial charge in [0, 0.05) is 0 Å². The SMILES string of the molecule is C/C=C1\NC(=O)[C@H]([C@H](C)O)NC(=O)[C@H](CCN)NC(=O)[C@H](CCCCN)NC(=O)[C@H](CC(=O)O)NC(=O)[C@@H](CCN)NC(=O)[C@@H](NC(=O)C[C@H](O)CCCCCCCCCCC)COC(=O)[C@H]([C@H](O)CCl)NC(=O)[C@H]([C@H](O)C(=O)O)NC1=O. The molecule has 21 N–H and O–H groups in total. The summed E-state index contributed by atoms with van der Waals surface area (Å²) in [6.07, 6.45) is -0.358. The summed E-state index contributed by atoms with van der Waals surface area (Å²) in [5.74, 6) is -17.8. The lowest BCUT2D eigenvalue weighted by Gasteiger charge is -2.28. The average molecular weight is 1210 g/mol. The van der Waals surface area contributed by atoms with Crippen LogP contribution in [0.2, 0.25) is 0 Å². The average Bonchev–Trinajstić information content (AvgIpc) is 3.52. The highest BCUT2D eigenvalue weighted by Gasteiger charge is 2.41. The first-order chi connectivity index (χ1) is 39.3. The minimum absolute atomic E-state index is 0.123. The van der Waals surface area contributed by atoms with Gasteiger partial charge in [0.2, 0.25) is 47.3 Å². The van der Waals surface area contributed by atoms with Crippen LogP contribution in [0.15, 0.2) is 11.8 Å². The lowest BCUT2D eigenvalue weighted by molar-refractivity contribution is -0.155. The topological polar surface area (TPSA) is 522 Å². The van der Waals surface area contributed by atoms with E-state index in [0.717, 1.165) is 64.4 Å². The number of aliphatic hydroxyl groups is 4. The lowest BCUT2D eigenvalue weighted by Crippen LogP contribution is -2.62. The molecule has 1 fully saturated rings. The second-order valence-corrected chi connectivity index (χ2v) is 20.2. The summed E-state index contributed by atoms with van der Waals surface area (Å²) in [5.41, 5.74) is 16.4. The van der Waals surface area contributed by atoms with Crippen molar-refractivity contribution < 1.29 is 92.9 Å². The van der Waals surface area contributed by atoms with Gasteiger partial charge in [-0.3, -0.25) is 47.9 Å². The van der Waals surface area contributed by atoms with Crippen LogP contribution >= 0.6 is 11.6 Å². The lowest BCUT2D eigenvalue weighted by atomic mass is 10.0. The van der Waals surface area contributed by atoms with Gasteiger partial charge in [0.15, 0.2) is 12.1 Å². The number of amides is 9. The highest BCUT2D eigenvalue weighted by atomic mass is 35.5. The van der Waals surface area contributed by atoms with Crippen LogP contribution in [0.5, 0.6) is 0 Å². The number of alkyl halides is 1. The molecule has 472 valence electrons. The van der Waals surface area contributed by atoms with Gasteiger partial charge in [-0.25, -0.2) is 9.59 Å². The number of hydrogen-bond donors (Lipinski definition) is 18. The normalized spacial score (nSPS) is 24.5. The fraction of sp³-hybridized carbons (Fsp3) is 0.725. The molecule has 0 aromatic heterocycles. The zero-order valence-corrected chi connectivity index (χ0v) is 47.9. The molecular weight excluding hydrogens is 1120 g/mol. The third kappa shape index (κ3) is 28.0. The Morgan fingerprint density at radius 2 is 1.13 bits per heavy atom. The quantitative estimate of drug-likeness (QED) is 0.0151. The molecule has 1 rings (SSSR count). The number of aliphatic carboxylic acids is 2. The number of ether oxygens (including phenoxy) is 1. The number of cyclic esters (lactones) is 1. The minimum atomic E-state index is -2.83. The molecular formula is C51H87ClN12O19. The van der Waals surface area contributed by atoms with E-state index in [1.54, 1.807) is 0 Å². The standard InChI is InChI=1S/C51H87ClN12O19/c1-4-6-7-8-9-10-11-12-13-16-28(66)23-36(68)56-34-26-83-51(82)39(35(67)25-52)63-49(79)40(41(71)50(80)81)64-42(72)29(5-2)57-48(78)38(27(3)65)62-45(75)32(19-22-55)59-43(73)30(17-14-15-20-53)58-46(76)33(24-37(69)70)61-44(74)31(18-21-54)60-47(34)77/h5,27-28,30-35,38-41,65-67,71H,4,6-26,53-55H2,1-3H3,(H,56,68)(H,57,78)(H,58,76)(H,59,73)(H,60,77)(H,61,74)(H,62,75)(H,63,79)(H,64,72)(H,69,70)(H,80,81)/b29-5-/t27-,28+,30-,31+,32-,33-,34-,35+,38-,39-,40-,41-/m0/s1. The van der Waals surface area contributed by atoms with E-state index in [1.165, 1.54) is 6.92 Å². The highest BCUT2D eigenvalue weighted by Crippen LogP contribution is 2.14. The molecule has 32 heteroatoms. The molecule has 0 spiro atoms. The molecule has 83 heavy (non-hydrogen) atoms. The highest BCUT2D eigenvalue weighted by molar-refractivity contribution is 6.18. The smallest absolute Gasteiger partial charge is 0.335 e. The van der Waals surface area contributed by atoms with Crippen molar-refractivity contribution in [1.82, 2.24) is 47.9 Å². The van der Waals surface area contributed by atoms with E-state index in [2.05, 4.69) is 44.1 Å². The number of carboxylic acids is 2. The number of halogens is 1. The Bertz CT molecular complexity index is 2190. The molecule has 1 aliphatic heterocycles. The van der Waals surface area contributed by atoms with E-state index in [4.69, 9.17) is 33.5 Å². The second kappa shape index (κ2) is 40.6. The van der Waals surface area contributed by atoms with Gasteiger partial charge >= 0.3 is 17.9 Å². The maximum absolute atomic E-state index is 14.1. The van der Waals surface area contributed by atoms with Crippen molar-refractivity contribution in [2.75, 3.05) is 32.1 Å². The zero-order chi connectivity index (χ0) is 62.8. The summed E-state index contributed by atoms with van der Waals surface area (Å²) in [7, 11) is 0. The van der Waals surface area contributed by atoms with E-state index in [-0.39, 0.29) is 45.3 Å². The Morgan fingerprint density at radius 3 is 1.64 bits per heavy atom. The van der Waals surface area contributed by atoms with Crippen LogP contribution in [0.3, 0.4) is 0 Å². The van der Waals surface area contributed by atoms with Crippen LogP contribution in [-0.2, 0) is 62.3 Å². The van der Waals surface area contributed by atoms with Crippen molar-refractivity contribution in [1.29, 1.82) is 0 Å². The van der Waals surface area contributed by atoms with Gasteiger partial charge in [-0.1, -0.05) is 70.8 Å². The number of unbranched alkanes of at least 4 members (excludes halogenated alkanes) is 9. The number of nitrogens with one attached hydrogen (secondary N) is 9. The van der Waals surface area contributed by atoms with Crippen LogP contribution in [0.25, 0.3) is 0 Å². The number of allylic oxidation sites excluding steroid dienone is 1. The van der Waals surface area contributed by atoms with Gasteiger partial charge in [-0.05, 0) is 72.0 Å². The molecule has 0 aliphatic carbocycles. The number of aliphatic hydroxyl groups excluding tert-OH is 4. The predicted molar refractivity (Wildman–Crippen MR) is 295 cm³/mol. The van der Waals surface area contributed by atoms with Crippen molar-refractivity contribution in [3.8, 4) is 0 Å².